The van der Waals surface area contributed by atoms with Crippen LogP contribution in [0.15, 0.2) is 114 Å². The van der Waals surface area contributed by atoms with E-state index in [-0.39, 0.29) is 18.1 Å². The highest BCUT2D eigenvalue weighted by Crippen LogP contribution is 2.34. The molecule has 0 radical (unpaired) electrons. The van der Waals surface area contributed by atoms with Gasteiger partial charge in [-0.1, -0.05) is 85.8 Å². The molecule has 3 aromatic rings. The number of allylic oxidation sites excluding steroid dienone is 2. The van der Waals surface area contributed by atoms with E-state index in [0.717, 1.165) is 38.0 Å². The third-order valence-electron chi connectivity index (χ3n) is 8.77. The normalized spacial score (nSPS) is 18.0. The molecular formula is C37H43N3O6. The second-order valence-corrected chi connectivity index (χ2v) is 11.7. The van der Waals surface area contributed by atoms with Crippen molar-refractivity contribution in [1.29, 1.82) is 0 Å². The van der Waals surface area contributed by atoms with Gasteiger partial charge in [0.1, 0.15) is 5.60 Å². The highest BCUT2D eigenvalue weighted by atomic mass is 16.6. The molecule has 9 nitrogen and oxygen atoms in total. The van der Waals surface area contributed by atoms with Gasteiger partial charge in [0.2, 0.25) is 0 Å². The Morgan fingerprint density at radius 3 is 1.89 bits per heavy atom. The number of non-ortho nitro benzene ring substituents is 1. The van der Waals surface area contributed by atoms with Crippen LogP contribution in [0.25, 0.3) is 0 Å². The summed E-state index contributed by atoms with van der Waals surface area (Å²) in [6.07, 6.45) is 2.75. The van der Waals surface area contributed by atoms with E-state index in [9.17, 15) is 19.7 Å². The third kappa shape index (κ3) is 8.69. The minimum absolute atomic E-state index is 0.137. The lowest BCUT2D eigenvalue weighted by Gasteiger charge is -2.31. The van der Waals surface area contributed by atoms with Crippen molar-refractivity contribution in [2.45, 2.75) is 58.0 Å². The van der Waals surface area contributed by atoms with E-state index in [1.807, 2.05) is 13.8 Å². The zero-order valence-corrected chi connectivity index (χ0v) is 27.0. The van der Waals surface area contributed by atoms with E-state index in [1.54, 1.807) is 18.2 Å². The smallest absolute Gasteiger partial charge is 0.336 e. The van der Waals surface area contributed by atoms with Gasteiger partial charge in [-0.3, -0.25) is 15.0 Å². The molecule has 2 heterocycles. The van der Waals surface area contributed by atoms with Crippen LogP contribution in [-0.4, -0.2) is 54.1 Å². The maximum atomic E-state index is 13.3. The molecule has 2 aliphatic rings. The van der Waals surface area contributed by atoms with E-state index < -0.39 is 16.5 Å². The molecule has 0 aliphatic carbocycles. The maximum absolute atomic E-state index is 13.3. The number of dihydropyridines is 1. The van der Waals surface area contributed by atoms with E-state index >= 15 is 0 Å². The number of nitro groups is 1. The average Bonchev–Trinajstić information content (AvgIpc) is 3.49. The zero-order chi connectivity index (χ0) is 33.1. The summed E-state index contributed by atoms with van der Waals surface area (Å²) in [6, 6.07) is 29.2. The number of hydrogen-bond donors (Lipinski definition) is 1. The van der Waals surface area contributed by atoms with E-state index in [0.29, 0.717) is 29.3 Å². The number of rotatable bonds is 10. The van der Waals surface area contributed by atoms with Gasteiger partial charge in [0.05, 0.1) is 23.2 Å². The number of nitrogens with zero attached hydrogens (tertiary/aromatic N) is 2. The first kappa shape index (κ1) is 34.1. The maximum Gasteiger partial charge on any atom is 0.336 e. The van der Waals surface area contributed by atoms with Gasteiger partial charge < -0.3 is 14.8 Å². The van der Waals surface area contributed by atoms with Crippen LogP contribution in [0, 0.1) is 10.1 Å². The van der Waals surface area contributed by atoms with Crippen molar-refractivity contribution in [3.63, 3.8) is 0 Å². The fourth-order valence-electron chi connectivity index (χ4n) is 6.03. The molecule has 46 heavy (non-hydrogen) atoms. The summed E-state index contributed by atoms with van der Waals surface area (Å²) in [5.41, 5.74) is 4.64. The topological polar surface area (TPSA) is 111 Å². The molecule has 0 saturated carbocycles. The van der Waals surface area contributed by atoms with Crippen LogP contribution >= 0.6 is 0 Å². The Balaban J connectivity index is 0.000000459. The highest BCUT2D eigenvalue weighted by Gasteiger charge is 2.41. The number of para-hydroxylation sites is 1. The van der Waals surface area contributed by atoms with Crippen molar-refractivity contribution in [3.05, 3.63) is 135 Å². The fraction of sp³-hybridized carbons (Fsp3) is 0.351. The van der Waals surface area contributed by atoms with Crippen molar-refractivity contribution < 1.29 is 24.0 Å². The molecule has 0 bridgehead atoms. The number of ether oxygens (including phenoxy) is 2. The Hall–Kier alpha value is -4.76. The SMILES string of the molecule is CC[C@@]1(OC(=O)C2=C(C)NC(C)=C(C(=O)OC)C2)CCN(CCC(c2ccccc2)c2ccccc2)C1.O=[N+]([O-])c1ccccc1. The number of carbonyl (C=O) groups excluding carboxylic acids is 2. The molecule has 0 aromatic heterocycles. The number of methoxy groups -OCH3 is 1. The quantitative estimate of drug-likeness (QED) is 0.147. The van der Waals surface area contributed by atoms with Crippen LogP contribution in [0.4, 0.5) is 5.69 Å². The molecule has 1 atom stereocenters. The highest BCUT2D eigenvalue weighted by molar-refractivity contribution is 5.96. The van der Waals surface area contributed by atoms with Gasteiger partial charge in [-0.15, -0.1) is 0 Å². The minimum Gasteiger partial charge on any atom is -0.466 e. The zero-order valence-electron chi connectivity index (χ0n) is 27.0. The Morgan fingerprint density at radius 2 is 1.41 bits per heavy atom. The summed E-state index contributed by atoms with van der Waals surface area (Å²) >= 11 is 0. The molecule has 9 heteroatoms. The van der Waals surface area contributed by atoms with Crippen LogP contribution in [-0.2, 0) is 19.1 Å². The lowest BCUT2D eigenvalue weighted by atomic mass is 9.88. The number of benzene rings is 3. The first-order chi connectivity index (χ1) is 22.2. The Labute approximate surface area is 271 Å². The molecule has 3 aromatic carbocycles. The van der Waals surface area contributed by atoms with E-state index in [2.05, 4.69) is 77.8 Å². The van der Waals surface area contributed by atoms with Gasteiger partial charge in [0.25, 0.3) is 5.69 Å². The lowest BCUT2D eigenvalue weighted by Crippen LogP contribution is -2.39. The van der Waals surface area contributed by atoms with Crippen molar-refractivity contribution in [2.75, 3.05) is 26.7 Å². The fourth-order valence-corrected chi connectivity index (χ4v) is 6.03. The van der Waals surface area contributed by atoms with Crippen LogP contribution in [0.2, 0.25) is 0 Å². The number of hydrogen-bond acceptors (Lipinski definition) is 8. The van der Waals surface area contributed by atoms with Crippen molar-refractivity contribution in [1.82, 2.24) is 10.2 Å². The van der Waals surface area contributed by atoms with Gasteiger partial charge in [0.15, 0.2) is 0 Å². The summed E-state index contributed by atoms with van der Waals surface area (Å²) < 4.78 is 11.1. The number of esters is 2. The summed E-state index contributed by atoms with van der Waals surface area (Å²) in [6.45, 7) is 8.27. The molecule has 1 saturated heterocycles. The van der Waals surface area contributed by atoms with Crippen molar-refractivity contribution >= 4 is 17.6 Å². The standard InChI is InChI=1S/C31H38N2O4.C6H5NO2/c1-5-31(37-30(35)28-20-27(29(34)36-4)22(2)32-23(28)3)17-19-33(21-31)18-16-26(24-12-8-6-9-13-24)25-14-10-7-11-15-25;8-7(9)6-4-2-1-3-5-6/h6-15,26,32H,5,16-21H2,1-4H3;1-5H/t31-;/m1./s1. The Kier molecular flexibility index (Phi) is 11.9. The van der Waals surface area contributed by atoms with Gasteiger partial charge in [-0.05, 0) is 44.4 Å². The molecule has 0 amide bonds. The second kappa shape index (κ2) is 16.0. The molecule has 1 N–H and O–H groups in total. The van der Waals surface area contributed by atoms with Crippen molar-refractivity contribution in [3.8, 4) is 0 Å². The minimum atomic E-state index is -0.527. The van der Waals surface area contributed by atoms with Gasteiger partial charge in [-0.2, -0.15) is 0 Å². The van der Waals surface area contributed by atoms with Crippen LogP contribution in [0.1, 0.15) is 63.5 Å². The van der Waals surface area contributed by atoms with Gasteiger partial charge in [0, 0.05) is 55.4 Å². The van der Waals surface area contributed by atoms with E-state index in [1.165, 1.54) is 30.4 Å². The second-order valence-electron chi connectivity index (χ2n) is 11.7. The first-order valence-electron chi connectivity index (χ1n) is 15.7. The average molecular weight is 626 g/mol. The summed E-state index contributed by atoms with van der Waals surface area (Å²) in [5, 5.41) is 13.2. The molecule has 0 unspecified atom stereocenters. The van der Waals surface area contributed by atoms with Gasteiger partial charge in [-0.25, -0.2) is 9.59 Å². The number of likely N-dealkylation sites (tertiary alicyclic amines) is 1. The first-order valence-corrected chi connectivity index (χ1v) is 15.7. The molecule has 242 valence electrons. The monoisotopic (exact) mass is 625 g/mol. The predicted molar refractivity (Wildman–Crippen MR) is 178 cm³/mol. The predicted octanol–water partition coefficient (Wildman–Crippen LogP) is 6.92. The molecule has 5 rings (SSSR count). The van der Waals surface area contributed by atoms with Crippen LogP contribution in [0.3, 0.4) is 0 Å². The number of nitro benzene ring substituents is 1. The number of carbonyl (C=O) groups is 2. The molecule has 0 spiro atoms. The summed E-state index contributed by atoms with van der Waals surface area (Å²) in [5.74, 6) is -0.463. The van der Waals surface area contributed by atoms with Gasteiger partial charge >= 0.3 is 11.9 Å². The molecular weight excluding hydrogens is 582 g/mol. The lowest BCUT2D eigenvalue weighted by molar-refractivity contribution is -0.384. The van der Waals surface area contributed by atoms with Crippen molar-refractivity contribution in [2.24, 2.45) is 0 Å². The Morgan fingerprint density at radius 1 is 0.891 bits per heavy atom. The van der Waals surface area contributed by atoms with E-state index in [4.69, 9.17) is 9.47 Å². The van der Waals surface area contributed by atoms with Crippen LogP contribution in [0.5, 0.6) is 0 Å². The van der Waals surface area contributed by atoms with Crippen LogP contribution < -0.4 is 5.32 Å². The number of nitrogens with one attached hydrogen (secondary N) is 1. The largest absolute Gasteiger partial charge is 0.466 e. The molecule has 2 aliphatic heterocycles. The molecule has 1 fully saturated rings. The summed E-state index contributed by atoms with van der Waals surface area (Å²) in [7, 11) is 1.35. The summed E-state index contributed by atoms with van der Waals surface area (Å²) in [4.78, 5) is 37.5. The Bertz CT molecular complexity index is 1520. The third-order valence-corrected chi connectivity index (χ3v) is 8.77.